The highest BCUT2D eigenvalue weighted by Crippen LogP contribution is 2.42. The molecule has 0 atom stereocenters. The van der Waals surface area contributed by atoms with Crippen LogP contribution in [0.25, 0.3) is 0 Å². The van der Waals surface area contributed by atoms with Crippen molar-refractivity contribution >= 4 is 46.7 Å². The van der Waals surface area contributed by atoms with Gasteiger partial charge < -0.3 is 9.80 Å². The maximum absolute atomic E-state index is 12.7. The Morgan fingerprint density at radius 1 is 0.400 bits per heavy atom. The number of nitrogens with zero attached hydrogens (tertiary/aromatic N) is 2. The van der Waals surface area contributed by atoms with Gasteiger partial charge in [-0.25, -0.2) is 0 Å². The highest BCUT2D eigenvalue weighted by Gasteiger charge is 2.23. The summed E-state index contributed by atoms with van der Waals surface area (Å²) in [4.78, 5) is 29.5. The molecule has 0 saturated carbocycles. The Labute approximate surface area is 236 Å². The molecule has 0 fully saturated rings. The van der Waals surface area contributed by atoms with E-state index in [1.807, 2.05) is 147 Å². The number of hydrogen-bond donors (Lipinski definition) is 0. The average Bonchev–Trinajstić information content (AvgIpc) is 2.97. The topological polar surface area (TPSA) is 40.6 Å². The van der Waals surface area contributed by atoms with Gasteiger partial charge in [0, 0.05) is 33.9 Å². The van der Waals surface area contributed by atoms with E-state index in [0.29, 0.717) is 22.5 Å². The molecule has 40 heavy (non-hydrogen) atoms. The zero-order valence-electron chi connectivity index (χ0n) is 23.3. The molecular weight excluding hydrogens is 492 g/mol. The van der Waals surface area contributed by atoms with Crippen LogP contribution in [0.1, 0.15) is 43.0 Å². The van der Waals surface area contributed by atoms with Gasteiger partial charge in [-0.05, 0) is 88.4 Å². The van der Waals surface area contributed by atoms with E-state index in [0.717, 1.165) is 57.6 Å². The van der Waals surface area contributed by atoms with Crippen LogP contribution in [-0.4, -0.2) is 12.6 Å². The third-order valence-electron chi connectivity index (χ3n) is 7.08. The number of aldehydes is 2. The summed E-state index contributed by atoms with van der Waals surface area (Å²) >= 11 is 0. The van der Waals surface area contributed by atoms with Crippen molar-refractivity contribution < 1.29 is 9.59 Å². The van der Waals surface area contributed by atoms with Gasteiger partial charge >= 0.3 is 0 Å². The van der Waals surface area contributed by atoms with Gasteiger partial charge in [0.15, 0.2) is 12.6 Å². The van der Waals surface area contributed by atoms with Crippen molar-refractivity contribution in [3.05, 3.63) is 143 Å². The van der Waals surface area contributed by atoms with Crippen LogP contribution in [0.15, 0.2) is 109 Å². The molecule has 0 N–H and O–H groups in total. The fraction of sp³-hybridized carbons (Fsp3) is 0.111. The molecule has 0 bridgehead atoms. The molecule has 198 valence electrons. The van der Waals surface area contributed by atoms with Crippen LogP contribution in [-0.2, 0) is 0 Å². The number of carbonyl (C=O) groups is 2. The van der Waals surface area contributed by atoms with Crippen molar-refractivity contribution in [1.29, 1.82) is 0 Å². The lowest BCUT2D eigenvalue weighted by Gasteiger charge is -2.31. The average molecular weight is 525 g/mol. The molecule has 0 unspecified atom stereocenters. The van der Waals surface area contributed by atoms with Crippen LogP contribution in [0.2, 0.25) is 0 Å². The van der Waals surface area contributed by atoms with Crippen molar-refractivity contribution in [2.75, 3.05) is 9.80 Å². The lowest BCUT2D eigenvalue weighted by Crippen LogP contribution is -2.16. The minimum Gasteiger partial charge on any atom is -0.310 e. The van der Waals surface area contributed by atoms with Crippen molar-refractivity contribution in [3.8, 4) is 0 Å². The van der Waals surface area contributed by atoms with E-state index in [9.17, 15) is 9.59 Å². The standard InChI is InChI=1S/C36H32N2O2/c1-25-5-13-31(14-6-25)37(32-15-7-26(2)8-16-32)35-21-30(24-40)36(22-29(35)23-39)38(33-17-9-27(3)10-18-33)34-19-11-28(4)12-20-34/h5-24H,1-4H3. The van der Waals surface area contributed by atoms with Gasteiger partial charge in [-0.1, -0.05) is 70.8 Å². The third-order valence-corrected chi connectivity index (χ3v) is 7.08. The molecule has 4 heteroatoms. The van der Waals surface area contributed by atoms with Crippen molar-refractivity contribution in [2.45, 2.75) is 27.7 Å². The van der Waals surface area contributed by atoms with E-state index in [2.05, 4.69) is 0 Å². The second-order valence-corrected chi connectivity index (χ2v) is 10.2. The Balaban J connectivity index is 1.75. The highest BCUT2D eigenvalue weighted by atomic mass is 16.1. The smallest absolute Gasteiger partial charge is 0.152 e. The van der Waals surface area contributed by atoms with Crippen molar-refractivity contribution in [2.24, 2.45) is 0 Å². The van der Waals surface area contributed by atoms with E-state index in [1.54, 1.807) is 0 Å². The van der Waals surface area contributed by atoms with Crippen molar-refractivity contribution in [1.82, 2.24) is 0 Å². The summed E-state index contributed by atoms with van der Waals surface area (Å²) in [6, 6.07) is 36.2. The molecule has 0 spiro atoms. The monoisotopic (exact) mass is 524 g/mol. The normalized spacial score (nSPS) is 10.7. The number of rotatable bonds is 8. The summed E-state index contributed by atoms with van der Waals surface area (Å²) in [5.41, 5.74) is 10.4. The second kappa shape index (κ2) is 11.4. The minimum absolute atomic E-state index is 0.478. The number of benzene rings is 5. The molecule has 0 saturated heterocycles. The minimum atomic E-state index is 0.478. The maximum Gasteiger partial charge on any atom is 0.152 e. The molecule has 0 aromatic heterocycles. The van der Waals surface area contributed by atoms with Crippen LogP contribution < -0.4 is 9.80 Å². The van der Waals surface area contributed by atoms with Crippen molar-refractivity contribution in [3.63, 3.8) is 0 Å². The van der Waals surface area contributed by atoms with Gasteiger partial charge in [-0.2, -0.15) is 0 Å². The van der Waals surface area contributed by atoms with Gasteiger partial charge in [-0.15, -0.1) is 0 Å². The molecule has 0 radical (unpaired) electrons. The quantitative estimate of drug-likeness (QED) is 0.190. The van der Waals surface area contributed by atoms with E-state index in [1.165, 1.54) is 0 Å². The lowest BCUT2D eigenvalue weighted by molar-refractivity contribution is 0.111. The maximum atomic E-state index is 12.7. The zero-order valence-corrected chi connectivity index (χ0v) is 23.3. The number of aryl methyl sites for hydroxylation is 4. The molecule has 0 aliphatic rings. The first-order valence-electron chi connectivity index (χ1n) is 13.3. The summed E-state index contributed by atoms with van der Waals surface area (Å²) in [6.07, 6.45) is 1.73. The van der Waals surface area contributed by atoms with E-state index >= 15 is 0 Å². The fourth-order valence-electron chi connectivity index (χ4n) is 4.82. The van der Waals surface area contributed by atoms with Crippen LogP contribution in [0.3, 0.4) is 0 Å². The Morgan fingerprint density at radius 3 is 0.825 bits per heavy atom. The first-order valence-corrected chi connectivity index (χ1v) is 13.3. The molecule has 5 rings (SSSR count). The predicted molar refractivity (Wildman–Crippen MR) is 166 cm³/mol. The first-order chi connectivity index (χ1) is 19.4. The van der Waals surface area contributed by atoms with Crippen LogP contribution in [0.4, 0.5) is 34.1 Å². The largest absolute Gasteiger partial charge is 0.310 e. The van der Waals surface area contributed by atoms with Crippen LogP contribution in [0, 0.1) is 27.7 Å². The Bertz CT molecular complexity index is 1420. The highest BCUT2D eigenvalue weighted by molar-refractivity contribution is 5.99. The van der Waals surface area contributed by atoms with Crippen LogP contribution in [0.5, 0.6) is 0 Å². The van der Waals surface area contributed by atoms with Gasteiger partial charge in [0.05, 0.1) is 11.4 Å². The summed E-state index contributed by atoms with van der Waals surface area (Å²) in [6.45, 7) is 8.17. The lowest BCUT2D eigenvalue weighted by atomic mass is 10.0. The molecule has 5 aromatic rings. The first kappa shape index (κ1) is 26.6. The predicted octanol–water partition coefficient (Wildman–Crippen LogP) is 9.48. The zero-order chi connectivity index (χ0) is 28.2. The van der Waals surface area contributed by atoms with Gasteiger partial charge in [0.2, 0.25) is 0 Å². The molecule has 0 heterocycles. The van der Waals surface area contributed by atoms with E-state index in [4.69, 9.17) is 0 Å². The molecule has 0 aliphatic heterocycles. The summed E-state index contributed by atoms with van der Waals surface area (Å²) < 4.78 is 0. The molecular formula is C36H32N2O2. The van der Waals surface area contributed by atoms with E-state index in [-0.39, 0.29) is 0 Å². The van der Waals surface area contributed by atoms with Crippen LogP contribution >= 0.6 is 0 Å². The third kappa shape index (κ3) is 5.43. The fourth-order valence-corrected chi connectivity index (χ4v) is 4.82. The summed E-state index contributed by atoms with van der Waals surface area (Å²) in [5, 5.41) is 0. The van der Waals surface area contributed by atoms with Gasteiger partial charge in [0.1, 0.15) is 0 Å². The molecule has 0 amide bonds. The number of anilines is 6. The molecule has 0 aliphatic carbocycles. The summed E-state index contributed by atoms with van der Waals surface area (Å²) in [5.74, 6) is 0. The second-order valence-electron chi connectivity index (χ2n) is 10.2. The Morgan fingerprint density at radius 2 is 0.625 bits per heavy atom. The Hall–Kier alpha value is -4.96. The molecule has 5 aromatic carbocycles. The van der Waals surface area contributed by atoms with E-state index < -0.39 is 0 Å². The Kier molecular flexibility index (Phi) is 7.61. The van der Waals surface area contributed by atoms with Gasteiger partial charge in [-0.3, -0.25) is 9.59 Å². The summed E-state index contributed by atoms with van der Waals surface area (Å²) in [7, 11) is 0. The molecule has 4 nitrogen and oxygen atoms in total. The number of carbonyl (C=O) groups excluding carboxylic acids is 2. The van der Waals surface area contributed by atoms with Gasteiger partial charge in [0.25, 0.3) is 0 Å². The number of hydrogen-bond acceptors (Lipinski definition) is 4. The SMILES string of the molecule is Cc1ccc(N(c2ccc(C)cc2)c2cc(C=O)c(N(c3ccc(C)cc3)c3ccc(C)cc3)cc2C=O)cc1.